The van der Waals surface area contributed by atoms with Crippen LogP contribution in [0.5, 0.6) is 0 Å². The number of aliphatic carboxylic acids is 1. The van der Waals surface area contributed by atoms with E-state index < -0.39 is 51.9 Å². The highest BCUT2D eigenvalue weighted by molar-refractivity contribution is 8.01. The second-order valence-corrected chi connectivity index (χ2v) is 9.93. The number of carbonyl (C=O) groups is 4. The van der Waals surface area contributed by atoms with E-state index >= 15 is 0 Å². The van der Waals surface area contributed by atoms with Crippen molar-refractivity contribution in [3.63, 3.8) is 0 Å². The second kappa shape index (κ2) is 7.92. The normalized spacial score (nSPS) is 27.0. The lowest BCUT2D eigenvalue weighted by Crippen LogP contribution is -2.71. The number of hydrogen-bond acceptors (Lipinski definition) is 6. The van der Waals surface area contributed by atoms with Gasteiger partial charge in [0.25, 0.3) is 5.91 Å². The fourth-order valence-electron chi connectivity index (χ4n) is 4.17. The summed E-state index contributed by atoms with van der Waals surface area (Å²) in [5.74, 6) is -2.48. The minimum atomic E-state index is -1.07. The molecule has 4 rings (SSSR count). The first-order valence-electron chi connectivity index (χ1n) is 9.92. The number of nitrogens with one attached hydrogen (secondary N) is 2. The van der Waals surface area contributed by atoms with Crippen LogP contribution in [-0.4, -0.2) is 61.9 Å². The Hall–Kier alpha value is -3.01. The molecule has 4 atom stereocenters. The molecule has 3 heterocycles. The number of β-lactam (4-membered cyclic amide) rings is 1. The highest BCUT2D eigenvalue weighted by Gasteiger charge is 2.64. The van der Waals surface area contributed by atoms with Crippen molar-refractivity contribution in [2.45, 2.75) is 54.9 Å². The van der Waals surface area contributed by atoms with Crippen LogP contribution in [0.4, 0.5) is 0 Å². The van der Waals surface area contributed by atoms with Gasteiger partial charge in [0.2, 0.25) is 11.8 Å². The van der Waals surface area contributed by atoms with Crippen LogP contribution < -0.4 is 10.6 Å². The van der Waals surface area contributed by atoms with Gasteiger partial charge in [0.15, 0.2) is 5.76 Å². The molecule has 0 spiro atoms. The van der Waals surface area contributed by atoms with Crippen molar-refractivity contribution in [3.05, 3.63) is 48.0 Å². The molecule has 9 nitrogen and oxygen atoms in total. The molecule has 2 saturated heterocycles. The number of thioether (sulfide) groups is 1. The first-order valence-corrected chi connectivity index (χ1v) is 10.8. The zero-order valence-electron chi connectivity index (χ0n) is 17.0. The van der Waals surface area contributed by atoms with Crippen LogP contribution in [0.25, 0.3) is 0 Å². The summed E-state index contributed by atoms with van der Waals surface area (Å²) in [6.07, 6.45) is 8.25. The van der Waals surface area contributed by atoms with Gasteiger partial charge < -0.3 is 25.1 Å². The average Bonchev–Trinajstić information content (AvgIpc) is 3.35. The van der Waals surface area contributed by atoms with E-state index in [1.54, 1.807) is 19.9 Å². The van der Waals surface area contributed by atoms with Gasteiger partial charge in [-0.15, -0.1) is 11.8 Å². The predicted molar refractivity (Wildman–Crippen MR) is 112 cm³/mol. The van der Waals surface area contributed by atoms with Crippen molar-refractivity contribution < 1.29 is 28.7 Å². The lowest BCUT2D eigenvalue weighted by atomic mass is 9.94. The summed E-state index contributed by atoms with van der Waals surface area (Å²) in [4.78, 5) is 51.3. The monoisotopic (exact) mass is 445 g/mol. The minimum absolute atomic E-state index is 0.0769. The number of hydrogen-bond donors (Lipinski definition) is 3. The van der Waals surface area contributed by atoms with Crippen molar-refractivity contribution >= 4 is 35.5 Å². The van der Waals surface area contributed by atoms with E-state index in [1.165, 1.54) is 29.0 Å². The van der Waals surface area contributed by atoms with Gasteiger partial charge in [-0.2, -0.15) is 0 Å². The van der Waals surface area contributed by atoms with Crippen LogP contribution >= 0.6 is 11.8 Å². The minimum Gasteiger partial charge on any atom is -0.480 e. The zero-order valence-corrected chi connectivity index (χ0v) is 17.8. The first kappa shape index (κ1) is 21.2. The van der Waals surface area contributed by atoms with E-state index in [9.17, 15) is 24.3 Å². The lowest BCUT2D eigenvalue weighted by molar-refractivity contribution is -0.161. The van der Waals surface area contributed by atoms with Crippen molar-refractivity contribution in [2.75, 3.05) is 0 Å². The van der Waals surface area contributed by atoms with E-state index in [4.69, 9.17) is 4.42 Å². The fourth-order valence-corrected chi connectivity index (χ4v) is 5.80. The van der Waals surface area contributed by atoms with E-state index in [0.717, 1.165) is 0 Å². The van der Waals surface area contributed by atoms with Gasteiger partial charge in [-0.05, 0) is 44.4 Å². The maximum Gasteiger partial charge on any atom is 0.327 e. The van der Waals surface area contributed by atoms with E-state index in [2.05, 4.69) is 10.6 Å². The van der Waals surface area contributed by atoms with Gasteiger partial charge in [0.1, 0.15) is 23.5 Å². The Morgan fingerprint density at radius 1 is 1.32 bits per heavy atom. The fraction of sp³-hybridized carbons (Fsp3) is 0.429. The SMILES string of the molecule is CC1(C)S[C@@H]2C(NC(=O)C(NC(=O)c3ccco3)C3=CCC=CC3)C(=O)N2[C@H]1C(=O)O. The van der Waals surface area contributed by atoms with E-state index in [0.29, 0.717) is 18.4 Å². The number of rotatable bonds is 6. The molecule has 31 heavy (non-hydrogen) atoms. The van der Waals surface area contributed by atoms with Gasteiger partial charge in [-0.1, -0.05) is 18.2 Å². The predicted octanol–water partition coefficient (Wildman–Crippen LogP) is 1.29. The Labute approximate surface area is 182 Å². The van der Waals surface area contributed by atoms with Crippen LogP contribution in [0.2, 0.25) is 0 Å². The van der Waals surface area contributed by atoms with E-state index in [1.807, 2.05) is 18.2 Å². The molecule has 1 aromatic rings. The molecule has 0 bridgehead atoms. The van der Waals surface area contributed by atoms with Crippen LogP contribution in [0, 0.1) is 0 Å². The average molecular weight is 445 g/mol. The number of furan rings is 1. The molecule has 0 saturated carbocycles. The maximum atomic E-state index is 13.1. The smallest absolute Gasteiger partial charge is 0.327 e. The van der Waals surface area contributed by atoms with Crippen LogP contribution in [0.1, 0.15) is 37.2 Å². The highest BCUT2D eigenvalue weighted by atomic mass is 32.2. The summed E-state index contributed by atoms with van der Waals surface area (Å²) < 4.78 is 4.43. The number of carboxylic acids is 1. The topological polar surface area (TPSA) is 129 Å². The van der Waals surface area contributed by atoms with Crippen molar-refractivity contribution in [1.82, 2.24) is 15.5 Å². The molecule has 2 unspecified atom stereocenters. The first-order chi connectivity index (χ1) is 14.7. The Morgan fingerprint density at radius 2 is 2.10 bits per heavy atom. The summed E-state index contributed by atoms with van der Waals surface area (Å²) in [6.45, 7) is 3.54. The number of nitrogens with zero attached hydrogens (tertiary/aromatic N) is 1. The zero-order chi connectivity index (χ0) is 22.3. The molecule has 2 aliphatic heterocycles. The summed E-state index contributed by atoms with van der Waals surface area (Å²) in [7, 11) is 0. The third kappa shape index (κ3) is 3.76. The number of amides is 3. The molecular weight excluding hydrogens is 422 g/mol. The maximum absolute atomic E-state index is 13.1. The Kier molecular flexibility index (Phi) is 5.42. The number of carbonyl (C=O) groups excluding carboxylic acids is 3. The molecule has 0 aromatic carbocycles. The standard InChI is InChI=1S/C21H23N3O6S/c1-21(2)15(20(28)29)24-18(27)14(19(24)31-21)23-17(26)13(11-7-4-3-5-8-11)22-16(25)12-9-6-10-30-12/h3-4,6,8-10,13-15,19H,5,7H2,1-2H3,(H,22,25)(H,23,26)(H,28,29)/t13?,14?,15-,19+/m0/s1. The van der Waals surface area contributed by atoms with Crippen molar-refractivity contribution in [2.24, 2.45) is 0 Å². The van der Waals surface area contributed by atoms with Crippen molar-refractivity contribution in [3.8, 4) is 0 Å². The van der Waals surface area contributed by atoms with Crippen LogP contribution in [0.15, 0.2) is 46.6 Å². The van der Waals surface area contributed by atoms with Gasteiger partial charge in [0, 0.05) is 4.75 Å². The Bertz CT molecular complexity index is 983. The largest absolute Gasteiger partial charge is 0.480 e. The lowest BCUT2D eigenvalue weighted by Gasteiger charge is -2.44. The molecule has 10 heteroatoms. The van der Waals surface area contributed by atoms with Crippen molar-refractivity contribution in [1.29, 1.82) is 0 Å². The summed E-state index contributed by atoms with van der Waals surface area (Å²) in [5, 5.41) is 14.5. The van der Waals surface area contributed by atoms with Gasteiger partial charge in [-0.25, -0.2) is 4.79 Å². The summed E-state index contributed by atoms with van der Waals surface area (Å²) >= 11 is 1.35. The van der Waals surface area contributed by atoms with Crippen LogP contribution in [-0.2, 0) is 14.4 Å². The Balaban J connectivity index is 1.50. The quantitative estimate of drug-likeness (QED) is 0.444. The summed E-state index contributed by atoms with van der Waals surface area (Å²) in [5.41, 5.74) is 0.714. The molecule has 3 aliphatic rings. The molecule has 164 valence electrons. The molecule has 1 aliphatic carbocycles. The molecular formula is C21H23N3O6S. The summed E-state index contributed by atoms with van der Waals surface area (Å²) in [6, 6.07) is 0.300. The van der Waals surface area contributed by atoms with Crippen LogP contribution in [0.3, 0.4) is 0 Å². The van der Waals surface area contributed by atoms with Gasteiger partial charge in [0.05, 0.1) is 6.26 Å². The van der Waals surface area contributed by atoms with E-state index in [-0.39, 0.29) is 5.76 Å². The molecule has 2 fully saturated rings. The number of carboxylic acid groups (broad SMARTS) is 1. The molecule has 0 radical (unpaired) electrons. The number of allylic oxidation sites excluding steroid dienone is 3. The van der Waals surface area contributed by atoms with Gasteiger partial charge >= 0.3 is 5.97 Å². The second-order valence-electron chi connectivity index (χ2n) is 8.16. The third-order valence-electron chi connectivity index (χ3n) is 5.66. The highest BCUT2D eigenvalue weighted by Crippen LogP contribution is 2.50. The third-order valence-corrected chi connectivity index (χ3v) is 7.23. The molecule has 3 amide bonds. The number of fused-ring (bicyclic) bond motifs is 1. The Morgan fingerprint density at radius 3 is 2.71 bits per heavy atom. The van der Waals surface area contributed by atoms with Gasteiger partial charge in [-0.3, -0.25) is 14.4 Å². The molecule has 1 aromatic heterocycles. The molecule has 3 N–H and O–H groups in total.